The molecule has 0 aliphatic rings. The Morgan fingerprint density at radius 2 is 1.45 bits per heavy atom. The second-order valence-electron chi connectivity index (χ2n) is 7.00. The van der Waals surface area contributed by atoms with Gasteiger partial charge in [0.15, 0.2) is 5.96 Å². The van der Waals surface area contributed by atoms with Gasteiger partial charge in [0.25, 0.3) is 0 Å². The van der Waals surface area contributed by atoms with E-state index in [0.717, 1.165) is 12.8 Å². The highest BCUT2D eigenvalue weighted by molar-refractivity contribution is 5.75. The van der Waals surface area contributed by atoms with E-state index in [9.17, 15) is 9.59 Å². The minimum absolute atomic E-state index is 0.00222. The van der Waals surface area contributed by atoms with Crippen LogP contribution < -0.4 is 22.9 Å². The van der Waals surface area contributed by atoms with Crippen molar-refractivity contribution in [2.75, 3.05) is 19.7 Å². The van der Waals surface area contributed by atoms with Crippen LogP contribution in [0.15, 0.2) is 4.99 Å². The number of rotatable bonds is 17. The molecule has 0 aromatic heterocycles. The predicted octanol–water partition coefficient (Wildman–Crippen LogP) is 1.86. The molecule has 0 bridgehead atoms. The van der Waals surface area contributed by atoms with Crippen molar-refractivity contribution in [2.24, 2.45) is 27.9 Å². The Balaban J connectivity index is 0. The van der Waals surface area contributed by atoms with E-state index in [1.807, 2.05) is 0 Å². The summed E-state index contributed by atoms with van der Waals surface area (Å²) in [6.45, 7) is 3.20. The number of ether oxygens (including phenoxy) is 1. The summed E-state index contributed by atoms with van der Waals surface area (Å²) in [5.74, 6) is -1.28. The van der Waals surface area contributed by atoms with E-state index >= 15 is 0 Å². The number of aliphatic imine (C=N–C) groups is 1. The average Bonchev–Trinajstić information content (AvgIpc) is 2.69. The first-order chi connectivity index (χ1) is 13.8. The third-order valence-corrected chi connectivity index (χ3v) is 4.21. The molecule has 0 aromatic carbocycles. The molecule has 1 unspecified atom stereocenters. The Kier molecular flexibility index (Phi) is 22.7. The minimum Gasteiger partial charge on any atom is -0.480 e. The molecule has 0 spiro atoms. The Morgan fingerprint density at radius 1 is 0.931 bits per heavy atom. The smallest absolute Gasteiger partial charge is 0.320 e. The number of unbranched alkanes of at least 4 members (excludes halogenated alkanes) is 9. The minimum atomic E-state index is -1.00. The van der Waals surface area contributed by atoms with Crippen molar-refractivity contribution in [3.8, 4) is 0 Å². The van der Waals surface area contributed by atoms with Gasteiger partial charge < -0.3 is 32.8 Å². The first kappa shape index (κ1) is 29.3. The van der Waals surface area contributed by atoms with Crippen LogP contribution in [-0.4, -0.2) is 48.7 Å². The second kappa shape index (κ2) is 22.4. The van der Waals surface area contributed by atoms with Gasteiger partial charge in [0.1, 0.15) is 6.04 Å². The van der Waals surface area contributed by atoms with E-state index in [-0.39, 0.29) is 18.5 Å². The van der Waals surface area contributed by atoms with Crippen LogP contribution in [0.2, 0.25) is 0 Å². The molecule has 0 heterocycles. The van der Waals surface area contributed by atoms with Gasteiger partial charge >= 0.3 is 11.9 Å². The lowest BCUT2D eigenvalue weighted by atomic mass is 10.1. The molecule has 0 aromatic rings. The van der Waals surface area contributed by atoms with Gasteiger partial charge in [-0.1, -0.05) is 64.7 Å². The summed E-state index contributed by atoms with van der Waals surface area (Å²) in [7, 11) is 0. The maximum atomic E-state index is 10.7. The standard InChI is InChI=1S/C14H29NO2.C6H14N4O2/c1-2-3-4-5-6-7-8-9-10-11-12-17-14(16)13-15;7-4(5(11)12)2-1-3-10-6(8)9/h2-13,15H2,1H3;4H,1-3,7H2,(H,11,12)(H4,8,9,10). The lowest BCUT2D eigenvalue weighted by molar-refractivity contribution is -0.142. The average molecular weight is 418 g/mol. The van der Waals surface area contributed by atoms with Gasteiger partial charge in [0, 0.05) is 6.54 Å². The maximum absolute atomic E-state index is 10.7. The Hall–Kier alpha value is -1.87. The van der Waals surface area contributed by atoms with Crippen LogP contribution in [0.1, 0.15) is 84.0 Å². The summed E-state index contributed by atoms with van der Waals surface area (Å²) >= 11 is 0. The van der Waals surface area contributed by atoms with Crippen LogP contribution >= 0.6 is 0 Å². The molecule has 9 nitrogen and oxygen atoms in total. The first-order valence-corrected chi connectivity index (χ1v) is 10.7. The van der Waals surface area contributed by atoms with E-state index in [0.29, 0.717) is 26.0 Å². The van der Waals surface area contributed by atoms with Crippen molar-refractivity contribution < 1.29 is 19.4 Å². The lowest BCUT2D eigenvalue weighted by Gasteiger charge is -2.03. The fourth-order valence-electron chi connectivity index (χ4n) is 2.48. The van der Waals surface area contributed by atoms with E-state index in [1.165, 1.54) is 51.4 Å². The molecule has 0 radical (unpaired) electrons. The Morgan fingerprint density at radius 3 is 1.90 bits per heavy atom. The number of carbonyl (C=O) groups is 2. The molecule has 0 aliphatic carbocycles. The van der Waals surface area contributed by atoms with Gasteiger partial charge in [-0.25, -0.2) is 0 Å². The van der Waals surface area contributed by atoms with Crippen molar-refractivity contribution in [1.29, 1.82) is 0 Å². The molecule has 29 heavy (non-hydrogen) atoms. The number of hydrogen-bond donors (Lipinski definition) is 5. The molecule has 172 valence electrons. The number of nitrogens with zero attached hydrogens (tertiary/aromatic N) is 1. The highest BCUT2D eigenvalue weighted by atomic mass is 16.5. The number of nitrogens with two attached hydrogens (primary N) is 4. The van der Waals surface area contributed by atoms with E-state index < -0.39 is 12.0 Å². The topological polar surface area (TPSA) is 180 Å². The SMILES string of the molecule is CCCCCCCCCCCCOC(=O)CN.NC(N)=NCCCC(N)C(=O)O. The van der Waals surface area contributed by atoms with Crippen molar-refractivity contribution >= 4 is 17.9 Å². The number of carbonyl (C=O) groups excluding carboxylic acids is 1. The summed E-state index contributed by atoms with van der Waals surface area (Å²) in [5, 5.41) is 8.38. The number of aliphatic carboxylic acids is 1. The molecular formula is C20H43N5O4. The summed E-state index contributed by atoms with van der Waals surface area (Å²) < 4.78 is 4.90. The van der Waals surface area contributed by atoms with Gasteiger partial charge in [0.05, 0.1) is 13.2 Å². The number of esters is 1. The molecule has 1 atom stereocenters. The normalized spacial score (nSPS) is 11.1. The number of hydrogen-bond acceptors (Lipinski definition) is 6. The zero-order valence-electron chi connectivity index (χ0n) is 18.1. The van der Waals surface area contributed by atoms with Gasteiger partial charge in [0.2, 0.25) is 0 Å². The van der Waals surface area contributed by atoms with E-state index in [2.05, 4.69) is 11.9 Å². The molecule has 0 aliphatic heterocycles. The Labute approximate surface area is 175 Å². The fraction of sp³-hybridized carbons (Fsp3) is 0.850. The number of guanidine groups is 1. The van der Waals surface area contributed by atoms with Gasteiger partial charge in [-0.15, -0.1) is 0 Å². The molecule has 9 N–H and O–H groups in total. The quantitative estimate of drug-likeness (QED) is 0.103. The summed E-state index contributed by atoms with van der Waals surface area (Å²) in [6, 6.07) is -0.820. The number of carboxylic acid groups (broad SMARTS) is 1. The first-order valence-electron chi connectivity index (χ1n) is 10.7. The van der Waals surface area contributed by atoms with Crippen molar-refractivity contribution in [3.63, 3.8) is 0 Å². The zero-order chi connectivity index (χ0) is 22.3. The highest BCUT2D eigenvalue weighted by Crippen LogP contribution is 2.10. The monoisotopic (exact) mass is 417 g/mol. The van der Waals surface area contributed by atoms with Crippen molar-refractivity contribution in [2.45, 2.75) is 90.0 Å². The van der Waals surface area contributed by atoms with Crippen LogP contribution in [0, 0.1) is 0 Å². The van der Waals surface area contributed by atoms with Crippen LogP contribution in [0.3, 0.4) is 0 Å². The maximum Gasteiger partial charge on any atom is 0.320 e. The second-order valence-corrected chi connectivity index (χ2v) is 7.00. The molecule has 0 saturated carbocycles. The summed E-state index contributed by atoms with van der Waals surface area (Å²) in [6.07, 6.45) is 13.9. The van der Waals surface area contributed by atoms with Crippen LogP contribution in [-0.2, 0) is 14.3 Å². The van der Waals surface area contributed by atoms with Crippen LogP contribution in [0.4, 0.5) is 0 Å². The predicted molar refractivity (Wildman–Crippen MR) is 117 cm³/mol. The zero-order valence-corrected chi connectivity index (χ0v) is 18.1. The molecule has 0 rings (SSSR count). The number of carboxylic acids is 1. The van der Waals surface area contributed by atoms with Gasteiger partial charge in [-0.3, -0.25) is 14.6 Å². The van der Waals surface area contributed by atoms with E-state index in [1.54, 1.807) is 0 Å². The molecule has 9 heteroatoms. The fourth-order valence-corrected chi connectivity index (χ4v) is 2.48. The summed E-state index contributed by atoms with van der Waals surface area (Å²) in [5.41, 5.74) is 20.4. The van der Waals surface area contributed by atoms with Gasteiger partial charge in [-0.2, -0.15) is 0 Å². The third kappa shape index (κ3) is 26.1. The molecule has 0 amide bonds. The van der Waals surface area contributed by atoms with Crippen molar-refractivity contribution in [3.05, 3.63) is 0 Å². The Bertz CT molecular complexity index is 429. The van der Waals surface area contributed by atoms with Crippen molar-refractivity contribution in [1.82, 2.24) is 0 Å². The molecule has 0 saturated heterocycles. The largest absolute Gasteiger partial charge is 0.480 e. The molecule has 0 fully saturated rings. The van der Waals surface area contributed by atoms with Gasteiger partial charge in [-0.05, 0) is 19.3 Å². The summed E-state index contributed by atoms with van der Waals surface area (Å²) in [4.78, 5) is 24.6. The highest BCUT2D eigenvalue weighted by Gasteiger charge is 2.09. The van der Waals surface area contributed by atoms with E-state index in [4.69, 9.17) is 32.8 Å². The molecular weight excluding hydrogens is 374 g/mol. The third-order valence-electron chi connectivity index (χ3n) is 4.21. The van der Waals surface area contributed by atoms with Crippen LogP contribution in [0.5, 0.6) is 0 Å². The lowest BCUT2D eigenvalue weighted by Crippen LogP contribution is -2.30. The van der Waals surface area contributed by atoms with Crippen LogP contribution in [0.25, 0.3) is 0 Å².